The van der Waals surface area contributed by atoms with Gasteiger partial charge in [-0.1, -0.05) is 0 Å². The number of hydrogen-bond acceptors (Lipinski definition) is 8. The first kappa shape index (κ1) is 28.0. The Balaban J connectivity index is 3.05. The number of carboxylic acids is 3. The van der Waals surface area contributed by atoms with Crippen molar-refractivity contribution in [3.63, 3.8) is 0 Å². The molecule has 0 radical (unpaired) electrons. The Morgan fingerprint density at radius 1 is 0.656 bits per heavy atom. The van der Waals surface area contributed by atoms with E-state index < -0.39 is 36.2 Å². The molecule has 1 saturated heterocycles. The predicted molar refractivity (Wildman–Crippen MR) is 105 cm³/mol. The van der Waals surface area contributed by atoms with Gasteiger partial charge in [-0.05, 0) is 6.92 Å². The van der Waals surface area contributed by atoms with E-state index in [4.69, 9.17) is 15.3 Å². The maximum Gasteiger partial charge on any atom is 0.418 e. The largest absolute Gasteiger partial charge is 0.480 e. The lowest BCUT2D eigenvalue weighted by molar-refractivity contribution is -0.257. The van der Waals surface area contributed by atoms with E-state index in [9.17, 15) is 32.7 Å². The summed E-state index contributed by atoms with van der Waals surface area (Å²) in [6.07, 6.45) is -4.88. The molecule has 0 aromatic heterocycles. The highest BCUT2D eigenvalue weighted by atomic mass is 19.4. The van der Waals surface area contributed by atoms with Crippen molar-refractivity contribution < 1.29 is 48.0 Å². The standard InChI is InChI=1S/C18H31F3N4O7/c1-17(32,18(19,20)21)13-25-8-6-23(11-15(28)29)4-2-22(10-14(26)27)3-5-24(7-9-25)12-16(30)31/h32H,2-13H2,1H3,(H,26,27)(H,28,29)(H,30,31). The molecule has 11 nitrogen and oxygen atoms in total. The Labute approximate surface area is 183 Å². The highest BCUT2D eigenvalue weighted by molar-refractivity contribution is 5.69. The third kappa shape index (κ3) is 10.5. The lowest BCUT2D eigenvalue weighted by Gasteiger charge is -2.36. The highest BCUT2D eigenvalue weighted by Gasteiger charge is 2.50. The van der Waals surface area contributed by atoms with E-state index in [1.54, 1.807) is 4.90 Å². The number of nitrogens with zero attached hydrogens (tertiary/aromatic N) is 4. The summed E-state index contributed by atoms with van der Waals surface area (Å²) in [7, 11) is 0. The third-order valence-electron chi connectivity index (χ3n) is 5.15. The van der Waals surface area contributed by atoms with E-state index in [2.05, 4.69) is 0 Å². The van der Waals surface area contributed by atoms with E-state index in [-0.39, 0.29) is 72.0 Å². The van der Waals surface area contributed by atoms with Crippen LogP contribution in [0.15, 0.2) is 0 Å². The van der Waals surface area contributed by atoms with Crippen molar-refractivity contribution in [2.24, 2.45) is 0 Å². The van der Waals surface area contributed by atoms with Crippen molar-refractivity contribution in [3.05, 3.63) is 0 Å². The number of halogens is 3. The highest BCUT2D eigenvalue weighted by Crippen LogP contribution is 2.30. The van der Waals surface area contributed by atoms with Crippen LogP contribution in [0.3, 0.4) is 0 Å². The van der Waals surface area contributed by atoms with Gasteiger partial charge in [0.15, 0.2) is 5.60 Å². The number of carboxylic acid groups (broad SMARTS) is 3. The monoisotopic (exact) mass is 472 g/mol. The molecular formula is C18H31F3N4O7. The van der Waals surface area contributed by atoms with Gasteiger partial charge in [-0.25, -0.2) is 0 Å². The number of hydrogen-bond donors (Lipinski definition) is 4. The van der Waals surface area contributed by atoms with E-state index in [0.29, 0.717) is 6.92 Å². The van der Waals surface area contributed by atoms with Crippen molar-refractivity contribution >= 4 is 17.9 Å². The molecule has 0 aromatic carbocycles. The fourth-order valence-electron chi connectivity index (χ4n) is 3.31. The maximum absolute atomic E-state index is 13.2. The van der Waals surface area contributed by atoms with Crippen molar-refractivity contribution in [1.82, 2.24) is 19.6 Å². The number of carbonyl (C=O) groups is 3. The van der Waals surface area contributed by atoms with Crippen LogP contribution in [0.5, 0.6) is 0 Å². The molecule has 1 fully saturated rings. The molecule has 186 valence electrons. The minimum Gasteiger partial charge on any atom is -0.480 e. The summed E-state index contributed by atoms with van der Waals surface area (Å²) in [5.74, 6) is -3.36. The van der Waals surface area contributed by atoms with Crippen molar-refractivity contribution in [3.8, 4) is 0 Å². The van der Waals surface area contributed by atoms with Crippen molar-refractivity contribution in [1.29, 1.82) is 0 Å². The summed E-state index contributed by atoms with van der Waals surface area (Å²) < 4.78 is 39.5. The first-order chi connectivity index (χ1) is 14.7. The van der Waals surface area contributed by atoms with Crippen LogP contribution in [0.2, 0.25) is 0 Å². The molecule has 1 heterocycles. The van der Waals surface area contributed by atoms with Gasteiger partial charge in [0.25, 0.3) is 0 Å². The van der Waals surface area contributed by atoms with E-state index >= 15 is 0 Å². The van der Waals surface area contributed by atoms with Gasteiger partial charge in [-0.15, -0.1) is 0 Å². The first-order valence-corrected chi connectivity index (χ1v) is 10.0. The molecule has 0 amide bonds. The van der Waals surface area contributed by atoms with Crippen LogP contribution in [-0.4, -0.2) is 148 Å². The number of aliphatic hydroxyl groups is 1. The molecule has 1 aliphatic rings. The number of aliphatic carboxylic acids is 3. The second-order valence-corrected chi connectivity index (χ2v) is 8.06. The predicted octanol–water partition coefficient (Wildman–Crippen LogP) is -1.22. The molecule has 1 rings (SSSR count). The molecule has 0 aliphatic carbocycles. The number of rotatable bonds is 8. The minimum absolute atomic E-state index is 0.000643. The van der Waals surface area contributed by atoms with Gasteiger partial charge in [0.2, 0.25) is 0 Å². The molecule has 32 heavy (non-hydrogen) atoms. The molecule has 0 bridgehead atoms. The van der Waals surface area contributed by atoms with Crippen LogP contribution in [0.1, 0.15) is 6.92 Å². The van der Waals surface area contributed by atoms with Crippen LogP contribution < -0.4 is 0 Å². The van der Waals surface area contributed by atoms with Gasteiger partial charge in [0.1, 0.15) is 0 Å². The Morgan fingerprint density at radius 2 is 0.906 bits per heavy atom. The minimum atomic E-state index is -4.88. The molecular weight excluding hydrogens is 441 g/mol. The van der Waals surface area contributed by atoms with Gasteiger partial charge in [0.05, 0.1) is 19.6 Å². The average molecular weight is 472 g/mol. The first-order valence-electron chi connectivity index (χ1n) is 10.0. The summed E-state index contributed by atoms with van der Waals surface area (Å²) in [6.45, 7) is -0.377. The van der Waals surface area contributed by atoms with Crippen molar-refractivity contribution in [2.75, 3.05) is 78.5 Å². The smallest absolute Gasteiger partial charge is 0.418 e. The Bertz CT molecular complexity index is 617. The summed E-state index contributed by atoms with van der Waals surface area (Å²) >= 11 is 0. The molecule has 0 spiro atoms. The number of alkyl halides is 3. The second kappa shape index (κ2) is 12.3. The zero-order valence-corrected chi connectivity index (χ0v) is 17.9. The van der Waals surface area contributed by atoms with E-state index in [1.165, 1.54) is 14.7 Å². The van der Waals surface area contributed by atoms with Crippen LogP contribution in [0, 0.1) is 0 Å². The zero-order valence-electron chi connectivity index (χ0n) is 17.9. The van der Waals surface area contributed by atoms with Gasteiger partial charge in [-0.3, -0.25) is 34.0 Å². The average Bonchev–Trinajstić information content (AvgIpc) is 2.61. The van der Waals surface area contributed by atoms with E-state index in [1.807, 2.05) is 0 Å². The molecule has 4 N–H and O–H groups in total. The van der Waals surface area contributed by atoms with E-state index in [0.717, 1.165) is 0 Å². The zero-order chi connectivity index (χ0) is 24.5. The van der Waals surface area contributed by atoms with Gasteiger partial charge >= 0.3 is 24.1 Å². The Morgan fingerprint density at radius 3 is 1.12 bits per heavy atom. The Hall–Kier alpha value is -2.00. The van der Waals surface area contributed by atoms with Crippen LogP contribution >= 0.6 is 0 Å². The number of β-amino-alcohol motifs (C(OH)–C–C–N with tert-alkyl or cyclic N) is 1. The van der Waals surface area contributed by atoms with Crippen LogP contribution in [-0.2, 0) is 14.4 Å². The van der Waals surface area contributed by atoms with Crippen LogP contribution in [0.4, 0.5) is 13.2 Å². The molecule has 14 heteroatoms. The Kier molecular flexibility index (Phi) is 10.8. The third-order valence-corrected chi connectivity index (χ3v) is 5.15. The molecule has 1 aliphatic heterocycles. The van der Waals surface area contributed by atoms with Gasteiger partial charge in [0, 0.05) is 58.9 Å². The fraction of sp³-hybridized carbons (Fsp3) is 0.833. The van der Waals surface area contributed by atoms with Gasteiger partial charge < -0.3 is 20.4 Å². The summed E-state index contributed by atoms with van der Waals surface area (Å²) in [6, 6.07) is 0. The quantitative estimate of drug-likeness (QED) is 0.337. The van der Waals surface area contributed by atoms with Gasteiger partial charge in [-0.2, -0.15) is 13.2 Å². The summed E-state index contributed by atoms with van der Waals surface area (Å²) in [4.78, 5) is 39.3. The molecule has 0 saturated carbocycles. The van der Waals surface area contributed by atoms with Crippen LogP contribution in [0.25, 0.3) is 0 Å². The summed E-state index contributed by atoms with van der Waals surface area (Å²) in [5, 5.41) is 37.3. The lowest BCUT2D eigenvalue weighted by Crippen LogP contribution is -2.54. The van der Waals surface area contributed by atoms with Crippen molar-refractivity contribution in [2.45, 2.75) is 18.7 Å². The molecule has 0 aromatic rings. The maximum atomic E-state index is 13.2. The summed E-state index contributed by atoms with van der Waals surface area (Å²) in [5.41, 5.74) is -3.00. The second-order valence-electron chi connectivity index (χ2n) is 8.06. The lowest BCUT2D eigenvalue weighted by atomic mass is 10.1. The molecule has 1 atom stereocenters. The fourth-order valence-corrected chi connectivity index (χ4v) is 3.31. The SMILES string of the molecule is CC(O)(CN1CCN(CC(=O)O)CCN(CC(=O)O)CCN(CC(=O)O)CC1)C(F)(F)F. The normalized spacial score (nSPS) is 21.3. The molecule has 1 unspecified atom stereocenters. The topological polar surface area (TPSA) is 145 Å².